The first-order valence-corrected chi connectivity index (χ1v) is 6.17. The molecule has 3 nitrogen and oxygen atoms in total. The summed E-state index contributed by atoms with van der Waals surface area (Å²) >= 11 is 0. The van der Waals surface area contributed by atoms with E-state index in [4.69, 9.17) is 5.11 Å². The van der Waals surface area contributed by atoms with E-state index in [-0.39, 0.29) is 11.0 Å². The highest BCUT2D eigenvalue weighted by Crippen LogP contribution is 2.20. The Balaban J connectivity index is 4.40. The molecule has 0 saturated carbocycles. The first-order valence-electron chi connectivity index (χ1n) is 4.79. The summed E-state index contributed by atoms with van der Waals surface area (Å²) in [4.78, 5) is 10.8. The van der Waals surface area contributed by atoms with Gasteiger partial charge >= 0.3 is 5.97 Å². The highest BCUT2D eigenvalue weighted by Gasteiger charge is 2.31. The van der Waals surface area contributed by atoms with Crippen molar-refractivity contribution >= 4 is 16.8 Å². The van der Waals surface area contributed by atoms with Crippen LogP contribution in [0.25, 0.3) is 0 Å². The Morgan fingerprint density at radius 2 is 1.79 bits per heavy atom. The van der Waals surface area contributed by atoms with Gasteiger partial charge in [0.15, 0.2) is 0 Å². The number of carboxylic acid groups (broad SMARTS) is 1. The molecule has 0 spiro atoms. The van der Waals surface area contributed by atoms with E-state index in [0.29, 0.717) is 5.92 Å². The minimum atomic E-state index is -1.07. The average molecular weight is 220 g/mol. The first-order chi connectivity index (χ1) is 6.18. The molecular formula is C10H20O3S. The third-order valence-corrected chi connectivity index (χ3v) is 4.82. The largest absolute Gasteiger partial charge is 0.481 e. The lowest BCUT2D eigenvalue weighted by molar-refractivity contribution is -0.145. The van der Waals surface area contributed by atoms with Crippen molar-refractivity contribution in [2.75, 3.05) is 5.75 Å². The Hall–Kier alpha value is -0.380. The minimum Gasteiger partial charge on any atom is -0.481 e. The molecule has 0 radical (unpaired) electrons. The standard InChI is InChI=1S/C10H20O3S/c1-7(2)8(3)14(13)6-10(4,5)9(11)12/h7-8H,6H2,1-5H3,(H,11,12). The Bertz CT molecular complexity index is 234. The molecule has 0 fully saturated rings. The fourth-order valence-corrected chi connectivity index (χ4v) is 2.56. The fourth-order valence-electron chi connectivity index (χ4n) is 0.852. The van der Waals surface area contributed by atoms with E-state index in [2.05, 4.69) is 0 Å². The van der Waals surface area contributed by atoms with Crippen LogP contribution in [0.4, 0.5) is 0 Å². The lowest BCUT2D eigenvalue weighted by atomic mass is 9.97. The number of rotatable bonds is 5. The molecule has 0 aliphatic heterocycles. The van der Waals surface area contributed by atoms with Crippen LogP contribution in [0.2, 0.25) is 0 Å². The van der Waals surface area contributed by atoms with Gasteiger partial charge in [-0.05, 0) is 19.8 Å². The number of carboxylic acids is 1. The van der Waals surface area contributed by atoms with E-state index in [1.54, 1.807) is 13.8 Å². The van der Waals surface area contributed by atoms with Gasteiger partial charge in [0.2, 0.25) is 0 Å². The molecular weight excluding hydrogens is 200 g/mol. The van der Waals surface area contributed by atoms with Crippen LogP contribution < -0.4 is 0 Å². The first kappa shape index (κ1) is 13.6. The summed E-state index contributed by atoms with van der Waals surface area (Å²) in [7, 11) is -1.07. The van der Waals surface area contributed by atoms with Gasteiger partial charge in [0.1, 0.15) is 0 Å². The molecule has 4 heteroatoms. The molecule has 0 aromatic rings. The molecule has 0 heterocycles. The summed E-state index contributed by atoms with van der Waals surface area (Å²) in [5, 5.41) is 8.93. The summed E-state index contributed by atoms with van der Waals surface area (Å²) in [6, 6.07) is 0. The van der Waals surface area contributed by atoms with E-state index in [9.17, 15) is 9.00 Å². The lowest BCUT2D eigenvalue weighted by Crippen LogP contribution is -2.34. The second-order valence-corrected chi connectivity index (χ2v) is 6.46. The maximum absolute atomic E-state index is 11.8. The molecule has 0 amide bonds. The number of aliphatic carboxylic acids is 1. The van der Waals surface area contributed by atoms with Gasteiger partial charge in [-0.2, -0.15) is 0 Å². The summed E-state index contributed by atoms with van der Waals surface area (Å²) in [5.41, 5.74) is -0.895. The van der Waals surface area contributed by atoms with E-state index in [1.807, 2.05) is 20.8 Å². The summed E-state index contributed by atoms with van der Waals surface area (Å²) in [5.74, 6) is -0.343. The fraction of sp³-hybridized carbons (Fsp3) is 0.900. The van der Waals surface area contributed by atoms with Crippen molar-refractivity contribution in [3.63, 3.8) is 0 Å². The zero-order chi connectivity index (χ0) is 11.5. The molecule has 14 heavy (non-hydrogen) atoms. The van der Waals surface area contributed by atoms with Gasteiger partial charge in [-0.3, -0.25) is 9.00 Å². The number of hydrogen-bond donors (Lipinski definition) is 1. The van der Waals surface area contributed by atoms with Gasteiger partial charge in [0, 0.05) is 21.8 Å². The molecule has 2 atom stereocenters. The van der Waals surface area contributed by atoms with Crippen molar-refractivity contribution in [2.24, 2.45) is 11.3 Å². The Morgan fingerprint density at radius 1 is 1.36 bits per heavy atom. The predicted octanol–water partition coefficient (Wildman–Crippen LogP) is 1.89. The van der Waals surface area contributed by atoms with Crippen molar-refractivity contribution in [1.29, 1.82) is 0 Å². The molecule has 0 aliphatic carbocycles. The van der Waals surface area contributed by atoms with Crippen molar-refractivity contribution in [1.82, 2.24) is 0 Å². The van der Waals surface area contributed by atoms with E-state index in [0.717, 1.165) is 0 Å². The van der Waals surface area contributed by atoms with Gasteiger partial charge < -0.3 is 5.11 Å². The van der Waals surface area contributed by atoms with E-state index < -0.39 is 22.2 Å². The minimum absolute atomic E-state index is 0.0497. The molecule has 0 saturated heterocycles. The third kappa shape index (κ3) is 3.78. The average Bonchev–Trinajstić information content (AvgIpc) is 2.01. The SMILES string of the molecule is CC(C)C(C)S(=O)CC(C)(C)C(=O)O. The zero-order valence-corrected chi connectivity index (χ0v) is 10.4. The summed E-state index contributed by atoms with van der Waals surface area (Å²) < 4.78 is 11.8. The second kappa shape index (κ2) is 4.91. The smallest absolute Gasteiger partial charge is 0.310 e. The molecule has 2 unspecified atom stereocenters. The highest BCUT2D eigenvalue weighted by atomic mass is 32.2. The zero-order valence-electron chi connectivity index (χ0n) is 9.53. The van der Waals surface area contributed by atoms with Crippen LogP contribution in [0.3, 0.4) is 0 Å². The number of hydrogen-bond acceptors (Lipinski definition) is 2. The van der Waals surface area contributed by atoms with E-state index in [1.165, 1.54) is 0 Å². The van der Waals surface area contributed by atoms with Crippen LogP contribution >= 0.6 is 0 Å². The maximum Gasteiger partial charge on any atom is 0.310 e. The van der Waals surface area contributed by atoms with E-state index >= 15 is 0 Å². The monoisotopic (exact) mass is 220 g/mol. The van der Waals surface area contributed by atoms with Gasteiger partial charge in [-0.1, -0.05) is 20.8 Å². The molecule has 0 rings (SSSR count). The Kier molecular flexibility index (Phi) is 4.78. The third-order valence-electron chi connectivity index (χ3n) is 2.44. The highest BCUT2D eigenvalue weighted by molar-refractivity contribution is 7.85. The molecule has 84 valence electrons. The maximum atomic E-state index is 11.8. The van der Waals surface area contributed by atoms with Crippen LogP contribution in [0.1, 0.15) is 34.6 Å². The van der Waals surface area contributed by atoms with Gasteiger partial charge in [0.25, 0.3) is 0 Å². The molecule has 0 aliphatic rings. The quantitative estimate of drug-likeness (QED) is 0.769. The molecule has 0 aromatic carbocycles. The van der Waals surface area contributed by atoms with Gasteiger partial charge in [0.05, 0.1) is 5.41 Å². The Labute approximate surface area is 88.4 Å². The van der Waals surface area contributed by atoms with Crippen molar-refractivity contribution in [3.05, 3.63) is 0 Å². The molecule has 0 aromatic heterocycles. The van der Waals surface area contributed by atoms with Crippen LogP contribution in [0.5, 0.6) is 0 Å². The number of carbonyl (C=O) groups is 1. The summed E-state index contributed by atoms with van der Waals surface area (Å²) in [6.45, 7) is 9.12. The van der Waals surface area contributed by atoms with Crippen molar-refractivity contribution in [3.8, 4) is 0 Å². The lowest BCUT2D eigenvalue weighted by Gasteiger charge is -2.22. The normalized spacial score (nSPS) is 16.7. The van der Waals surface area contributed by atoms with Crippen molar-refractivity contribution in [2.45, 2.75) is 39.9 Å². The van der Waals surface area contributed by atoms with Crippen LogP contribution in [-0.2, 0) is 15.6 Å². The molecule has 1 N–H and O–H groups in total. The van der Waals surface area contributed by atoms with Gasteiger partial charge in [-0.25, -0.2) is 0 Å². The van der Waals surface area contributed by atoms with Crippen LogP contribution in [0.15, 0.2) is 0 Å². The van der Waals surface area contributed by atoms with Crippen LogP contribution in [-0.4, -0.2) is 26.3 Å². The van der Waals surface area contributed by atoms with Gasteiger partial charge in [-0.15, -0.1) is 0 Å². The second-order valence-electron chi connectivity index (χ2n) is 4.66. The Morgan fingerprint density at radius 3 is 2.07 bits per heavy atom. The predicted molar refractivity (Wildman–Crippen MR) is 58.7 cm³/mol. The van der Waals surface area contributed by atoms with Crippen molar-refractivity contribution < 1.29 is 14.1 Å². The summed E-state index contributed by atoms with van der Waals surface area (Å²) in [6.07, 6.45) is 0. The van der Waals surface area contributed by atoms with Crippen LogP contribution in [0, 0.1) is 11.3 Å². The topological polar surface area (TPSA) is 54.4 Å². The molecule has 0 bridgehead atoms.